The van der Waals surface area contributed by atoms with Crippen LogP contribution in [0.15, 0.2) is 36.8 Å². The summed E-state index contributed by atoms with van der Waals surface area (Å²) >= 11 is 0. The number of aromatic nitrogens is 3. The van der Waals surface area contributed by atoms with Gasteiger partial charge in [0.2, 0.25) is 5.91 Å². The van der Waals surface area contributed by atoms with Gasteiger partial charge < -0.3 is 14.4 Å². The number of imidazole rings is 1. The minimum atomic E-state index is -0.0298. The molecule has 2 bridgehead atoms. The van der Waals surface area contributed by atoms with Gasteiger partial charge in [0.25, 0.3) is 5.91 Å². The highest BCUT2D eigenvalue weighted by Crippen LogP contribution is 2.29. The highest BCUT2D eigenvalue weighted by molar-refractivity contribution is 5.92. The quantitative estimate of drug-likeness (QED) is 0.794. The molecule has 5 heterocycles. The summed E-state index contributed by atoms with van der Waals surface area (Å²) in [6, 6.07) is 5.51. The first-order valence-corrected chi connectivity index (χ1v) is 10.2. The minimum absolute atomic E-state index is 0.0298. The molecular formula is C21H27N5O2. The lowest BCUT2D eigenvalue weighted by Crippen LogP contribution is -2.48. The Morgan fingerprint density at radius 1 is 1.11 bits per heavy atom. The van der Waals surface area contributed by atoms with Gasteiger partial charge in [-0.25, -0.2) is 4.98 Å². The molecule has 28 heavy (non-hydrogen) atoms. The molecule has 2 aromatic rings. The highest BCUT2D eigenvalue weighted by atomic mass is 16.2. The van der Waals surface area contributed by atoms with Crippen LogP contribution in [-0.4, -0.2) is 61.8 Å². The van der Waals surface area contributed by atoms with Gasteiger partial charge in [0.05, 0.1) is 0 Å². The number of nitrogens with zero attached hydrogens (tertiary/aromatic N) is 5. The third-order valence-electron chi connectivity index (χ3n) is 5.89. The molecule has 0 aromatic carbocycles. The Bertz CT molecular complexity index is 834. The van der Waals surface area contributed by atoms with Crippen molar-refractivity contribution in [1.29, 1.82) is 0 Å². The van der Waals surface area contributed by atoms with Crippen LogP contribution in [0.4, 0.5) is 0 Å². The lowest BCUT2D eigenvalue weighted by atomic mass is 9.94. The van der Waals surface area contributed by atoms with Crippen LogP contribution in [0.2, 0.25) is 0 Å². The molecule has 0 saturated carbocycles. The SMILES string of the molecule is CCc1nccn1CCC(=O)N1C[C@H]2CC[C@@H]1CN(C(=O)c1ccccn1)C2. The fraction of sp³-hybridized carbons (Fsp3) is 0.524. The Hall–Kier alpha value is -2.70. The van der Waals surface area contributed by atoms with Crippen molar-refractivity contribution in [3.05, 3.63) is 48.3 Å². The highest BCUT2D eigenvalue weighted by Gasteiger charge is 2.38. The van der Waals surface area contributed by atoms with Crippen molar-refractivity contribution >= 4 is 11.8 Å². The molecule has 2 amide bonds. The topological polar surface area (TPSA) is 71.3 Å². The fourth-order valence-corrected chi connectivity index (χ4v) is 4.42. The Morgan fingerprint density at radius 3 is 2.79 bits per heavy atom. The molecule has 3 saturated heterocycles. The minimum Gasteiger partial charge on any atom is -0.338 e. The lowest BCUT2D eigenvalue weighted by molar-refractivity contribution is -0.135. The van der Waals surface area contributed by atoms with E-state index in [1.807, 2.05) is 28.1 Å². The molecule has 2 atom stereocenters. The summed E-state index contributed by atoms with van der Waals surface area (Å²) in [5.74, 6) is 1.50. The summed E-state index contributed by atoms with van der Waals surface area (Å²) in [5, 5.41) is 0. The Morgan fingerprint density at radius 2 is 2.00 bits per heavy atom. The zero-order valence-corrected chi connectivity index (χ0v) is 16.3. The average molecular weight is 381 g/mol. The van der Waals surface area contributed by atoms with Crippen LogP contribution in [0, 0.1) is 5.92 Å². The van der Waals surface area contributed by atoms with E-state index in [2.05, 4.69) is 21.5 Å². The van der Waals surface area contributed by atoms with Crippen LogP contribution >= 0.6 is 0 Å². The molecule has 3 fully saturated rings. The summed E-state index contributed by atoms with van der Waals surface area (Å²) in [5.41, 5.74) is 0.480. The van der Waals surface area contributed by atoms with E-state index in [0.29, 0.717) is 37.7 Å². The lowest BCUT2D eigenvalue weighted by Gasteiger charge is -2.36. The van der Waals surface area contributed by atoms with Gasteiger partial charge in [-0.2, -0.15) is 0 Å². The number of rotatable bonds is 5. The number of carbonyl (C=O) groups excluding carboxylic acids is 2. The smallest absolute Gasteiger partial charge is 0.272 e. The van der Waals surface area contributed by atoms with Crippen LogP contribution in [0.1, 0.15) is 42.5 Å². The predicted octanol–water partition coefficient (Wildman–Crippen LogP) is 1.99. The van der Waals surface area contributed by atoms with Crippen molar-refractivity contribution in [2.24, 2.45) is 5.92 Å². The zero-order valence-electron chi connectivity index (χ0n) is 16.3. The normalized spacial score (nSPS) is 21.6. The Labute approximate surface area is 165 Å². The largest absolute Gasteiger partial charge is 0.338 e. The molecule has 7 nitrogen and oxygen atoms in total. The first-order valence-electron chi connectivity index (χ1n) is 10.2. The van der Waals surface area contributed by atoms with Crippen molar-refractivity contribution in [2.75, 3.05) is 19.6 Å². The number of hydrogen-bond acceptors (Lipinski definition) is 4. The maximum absolute atomic E-state index is 13.0. The van der Waals surface area contributed by atoms with E-state index in [1.165, 1.54) is 0 Å². The molecule has 0 unspecified atom stereocenters. The van der Waals surface area contributed by atoms with E-state index in [1.54, 1.807) is 18.5 Å². The molecule has 7 heteroatoms. The Kier molecular flexibility index (Phi) is 5.41. The van der Waals surface area contributed by atoms with Gasteiger partial charge in [-0.05, 0) is 30.9 Å². The van der Waals surface area contributed by atoms with Crippen molar-refractivity contribution < 1.29 is 9.59 Å². The van der Waals surface area contributed by atoms with E-state index < -0.39 is 0 Å². The molecular weight excluding hydrogens is 354 g/mol. The molecule has 0 N–H and O–H groups in total. The molecule has 148 valence electrons. The number of hydrogen-bond donors (Lipinski definition) is 0. The van der Waals surface area contributed by atoms with E-state index in [-0.39, 0.29) is 17.9 Å². The third kappa shape index (κ3) is 3.79. The monoisotopic (exact) mass is 381 g/mol. The van der Waals surface area contributed by atoms with Crippen molar-refractivity contribution in [2.45, 2.75) is 45.2 Å². The number of piperidine rings is 1. The molecule has 0 spiro atoms. The van der Waals surface area contributed by atoms with Crippen molar-refractivity contribution in [3.63, 3.8) is 0 Å². The van der Waals surface area contributed by atoms with Gasteiger partial charge in [0.1, 0.15) is 11.5 Å². The molecule has 0 radical (unpaired) electrons. The van der Waals surface area contributed by atoms with Crippen LogP contribution in [0.5, 0.6) is 0 Å². The fourth-order valence-electron chi connectivity index (χ4n) is 4.42. The zero-order chi connectivity index (χ0) is 19.5. The summed E-state index contributed by atoms with van der Waals surface area (Å²) in [4.78, 5) is 38.2. The van der Waals surface area contributed by atoms with E-state index in [4.69, 9.17) is 0 Å². The van der Waals surface area contributed by atoms with Gasteiger partial charge in [-0.3, -0.25) is 14.6 Å². The van der Waals surface area contributed by atoms with Gasteiger partial charge in [-0.15, -0.1) is 0 Å². The molecule has 3 aliphatic heterocycles. The summed E-state index contributed by atoms with van der Waals surface area (Å²) in [6.45, 7) is 4.79. The van der Waals surface area contributed by atoms with Crippen molar-refractivity contribution in [3.8, 4) is 0 Å². The standard InChI is InChI=1S/C21H27N5O2/c1-2-19-23-10-12-24(19)11-8-20(27)26-14-16-6-7-17(26)15-25(13-16)21(28)18-5-3-4-9-22-18/h3-5,9-10,12,16-17H,2,6-8,11,13-15H2,1H3/t16-,17+/m0/s1. The second kappa shape index (κ2) is 8.12. The van der Waals surface area contributed by atoms with Gasteiger partial charge in [0, 0.05) is 63.7 Å². The summed E-state index contributed by atoms with van der Waals surface area (Å²) in [7, 11) is 0. The molecule has 0 aliphatic carbocycles. The number of pyridine rings is 1. The number of amides is 2. The van der Waals surface area contributed by atoms with Crippen LogP contribution in [0.25, 0.3) is 0 Å². The average Bonchev–Trinajstić information content (AvgIpc) is 2.99. The molecule has 3 aliphatic rings. The summed E-state index contributed by atoms with van der Waals surface area (Å²) in [6.07, 6.45) is 8.75. The maximum Gasteiger partial charge on any atom is 0.272 e. The van der Waals surface area contributed by atoms with Crippen LogP contribution in [-0.2, 0) is 17.8 Å². The Balaban J connectivity index is 1.42. The van der Waals surface area contributed by atoms with E-state index in [0.717, 1.165) is 31.6 Å². The van der Waals surface area contributed by atoms with Gasteiger partial charge >= 0.3 is 0 Å². The van der Waals surface area contributed by atoms with Crippen molar-refractivity contribution in [1.82, 2.24) is 24.3 Å². The first kappa shape index (κ1) is 18.7. The number of carbonyl (C=O) groups is 2. The van der Waals surface area contributed by atoms with E-state index >= 15 is 0 Å². The molecule has 2 aromatic heterocycles. The number of aryl methyl sites for hydroxylation is 2. The van der Waals surface area contributed by atoms with Gasteiger partial charge in [0.15, 0.2) is 0 Å². The maximum atomic E-state index is 13.0. The van der Waals surface area contributed by atoms with Gasteiger partial charge in [-0.1, -0.05) is 13.0 Å². The second-order valence-corrected chi connectivity index (χ2v) is 7.71. The van der Waals surface area contributed by atoms with E-state index in [9.17, 15) is 9.59 Å². The van der Waals surface area contributed by atoms with Crippen LogP contribution < -0.4 is 0 Å². The van der Waals surface area contributed by atoms with Crippen LogP contribution in [0.3, 0.4) is 0 Å². The number of fused-ring (bicyclic) bond motifs is 4. The predicted molar refractivity (Wildman–Crippen MR) is 105 cm³/mol. The first-order chi connectivity index (χ1) is 13.7. The molecule has 5 rings (SSSR count). The summed E-state index contributed by atoms with van der Waals surface area (Å²) < 4.78 is 2.06. The second-order valence-electron chi connectivity index (χ2n) is 7.71. The third-order valence-corrected chi connectivity index (χ3v) is 5.89.